The summed E-state index contributed by atoms with van der Waals surface area (Å²) in [6.07, 6.45) is 3.43. The summed E-state index contributed by atoms with van der Waals surface area (Å²) < 4.78 is 5.57. The average molecular weight is 190 g/mol. The zero-order valence-corrected chi connectivity index (χ0v) is 9.49. The molecule has 0 amide bonds. The fraction of sp³-hybridized carbons (Fsp3) is 1.00. The molecule has 0 aromatic heterocycles. The van der Waals surface area contributed by atoms with Crippen molar-refractivity contribution in [3.05, 3.63) is 0 Å². The fourth-order valence-electron chi connectivity index (χ4n) is 1.16. The van der Waals surface area contributed by atoms with E-state index < -0.39 is 0 Å². The first-order chi connectivity index (χ1) is 5.74. The molecule has 2 heteroatoms. The van der Waals surface area contributed by atoms with Crippen LogP contribution in [0.1, 0.15) is 40.0 Å². The molecule has 0 rings (SSSR count). The molecule has 0 aromatic carbocycles. The van der Waals surface area contributed by atoms with Crippen LogP contribution in [0.15, 0.2) is 0 Å². The zero-order chi connectivity index (χ0) is 9.45. The van der Waals surface area contributed by atoms with Crippen molar-refractivity contribution < 1.29 is 4.74 Å². The van der Waals surface area contributed by atoms with Gasteiger partial charge in [0.15, 0.2) is 0 Å². The maximum Gasteiger partial charge on any atom is 0.0530 e. The third-order valence-corrected chi connectivity index (χ3v) is 3.26. The number of ether oxygens (including phenoxy) is 1. The van der Waals surface area contributed by atoms with Crippen molar-refractivity contribution in [3.8, 4) is 0 Å². The van der Waals surface area contributed by atoms with Crippen molar-refractivity contribution >= 4 is 12.6 Å². The van der Waals surface area contributed by atoms with E-state index in [-0.39, 0.29) is 0 Å². The first-order valence-electron chi connectivity index (χ1n) is 4.93. The third kappa shape index (κ3) is 3.81. The topological polar surface area (TPSA) is 9.23 Å². The molecule has 0 saturated heterocycles. The van der Waals surface area contributed by atoms with Gasteiger partial charge in [0, 0.05) is 12.0 Å². The van der Waals surface area contributed by atoms with E-state index in [0.29, 0.717) is 5.41 Å². The van der Waals surface area contributed by atoms with Crippen LogP contribution >= 0.6 is 12.6 Å². The van der Waals surface area contributed by atoms with Gasteiger partial charge in [-0.3, -0.25) is 0 Å². The number of hydrogen-bond donors (Lipinski definition) is 1. The third-order valence-electron chi connectivity index (χ3n) is 2.59. The van der Waals surface area contributed by atoms with Gasteiger partial charge in [0.2, 0.25) is 0 Å². The second-order valence-electron chi connectivity index (χ2n) is 3.42. The van der Waals surface area contributed by atoms with Gasteiger partial charge in [-0.15, -0.1) is 0 Å². The Hall–Kier alpha value is 0.310. The van der Waals surface area contributed by atoms with Crippen LogP contribution in [0.3, 0.4) is 0 Å². The predicted molar refractivity (Wildman–Crippen MR) is 58.0 cm³/mol. The Morgan fingerprint density at radius 2 is 1.75 bits per heavy atom. The lowest BCUT2D eigenvalue weighted by Gasteiger charge is -2.29. The Bertz CT molecular complexity index is 91.7. The molecule has 0 aliphatic heterocycles. The van der Waals surface area contributed by atoms with Crippen LogP contribution in [-0.4, -0.2) is 19.0 Å². The van der Waals surface area contributed by atoms with Gasteiger partial charge in [0.1, 0.15) is 0 Å². The standard InChI is InChI=1S/C10H22OS/c1-4-7-11-8-10(5-2,6-3)9-12/h12H,4-9H2,1-3H3. The molecule has 74 valence electrons. The monoisotopic (exact) mass is 190 g/mol. The van der Waals surface area contributed by atoms with E-state index in [2.05, 4.69) is 33.4 Å². The van der Waals surface area contributed by atoms with Crippen molar-refractivity contribution in [1.82, 2.24) is 0 Å². The van der Waals surface area contributed by atoms with Crippen LogP contribution in [0, 0.1) is 5.41 Å². The lowest BCUT2D eigenvalue weighted by Crippen LogP contribution is -2.27. The lowest BCUT2D eigenvalue weighted by molar-refractivity contribution is 0.0516. The van der Waals surface area contributed by atoms with Gasteiger partial charge in [-0.05, 0) is 25.0 Å². The fourth-order valence-corrected chi connectivity index (χ4v) is 1.69. The normalized spacial score (nSPS) is 12.0. The van der Waals surface area contributed by atoms with Gasteiger partial charge >= 0.3 is 0 Å². The lowest BCUT2D eigenvalue weighted by atomic mass is 9.85. The maximum atomic E-state index is 5.57. The van der Waals surface area contributed by atoms with E-state index >= 15 is 0 Å². The Morgan fingerprint density at radius 1 is 1.17 bits per heavy atom. The summed E-state index contributed by atoms with van der Waals surface area (Å²) in [5, 5.41) is 0. The summed E-state index contributed by atoms with van der Waals surface area (Å²) in [6.45, 7) is 8.33. The summed E-state index contributed by atoms with van der Waals surface area (Å²) in [7, 11) is 0. The van der Waals surface area contributed by atoms with E-state index in [1.807, 2.05) is 0 Å². The summed E-state index contributed by atoms with van der Waals surface area (Å²) >= 11 is 4.38. The Balaban J connectivity index is 3.76. The predicted octanol–water partition coefficient (Wildman–Crippen LogP) is 3.15. The Kier molecular flexibility index (Phi) is 6.96. The van der Waals surface area contributed by atoms with Crippen LogP contribution in [0.2, 0.25) is 0 Å². The Labute approximate surface area is 82.3 Å². The van der Waals surface area contributed by atoms with Crippen LogP contribution in [0.5, 0.6) is 0 Å². The van der Waals surface area contributed by atoms with Crippen LogP contribution < -0.4 is 0 Å². The average Bonchev–Trinajstić information content (AvgIpc) is 2.14. The molecule has 0 aromatic rings. The number of rotatable bonds is 7. The molecule has 0 aliphatic carbocycles. The van der Waals surface area contributed by atoms with Crippen molar-refractivity contribution in [3.63, 3.8) is 0 Å². The molecule has 0 aliphatic rings. The smallest absolute Gasteiger partial charge is 0.0530 e. The van der Waals surface area contributed by atoms with E-state index in [0.717, 1.165) is 38.2 Å². The summed E-state index contributed by atoms with van der Waals surface area (Å²) in [4.78, 5) is 0. The minimum atomic E-state index is 0.318. The molecule has 0 radical (unpaired) electrons. The second-order valence-corrected chi connectivity index (χ2v) is 3.73. The van der Waals surface area contributed by atoms with Gasteiger partial charge in [-0.2, -0.15) is 12.6 Å². The molecular formula is C10H22OS. The molecule has 12 heavy (non-hydrogen) atoms. The molecule has 0 unspecified atom stereocenters. The molecule has 0 fully saturated rings. The van der Waals surface area contributed by atoms with E-state index in [9.17, 15) is 0 Å². The molecule has 0 atom stereocenters. The highest BCUT2D eigenvalue weighted by Crippen LogP contribution is 2.27. The van der Waals surface area contributed by atoms with Gasteiger partial charge < -0.3 is 4.74 Å². The van der Waals surface area contributed by atoms with E-state index in [4.69, 9.17) is 4.74 Å². The first kappa shape index (κ1) is 12.3. The second kappa shape index (κ2) is 6.79. The highest BCUT2D eigenvalue weighted by molar-refractivity contribution is 7.80. The van der Waals surface area contributed by atoms with Crippen LogP contribution in [-0.2, 0) is 4.74 Å². The zero-order valence-electron chi connectivity index (χ0n) is 8.60. The minimum Gasteiger partial charge on any atom is -0.381 e. The van der Waals surface area contributed by atoms with Gasteiger partial charge in [-0.25, -0.2) is 0 Å². The number of thiol groups is 1. The summed E-state index contributed by atoms with van der Waals surface area (Å²) in [5.74, 6) is 0.934. The van der Waals surface area contributed by atoms with Gasteiger partial charge in [0.05, 0.1) is 6.61 Å². The van der Waals surface area contributed by atoms with Gasteiger partial charge in [-0.1, -0.05) is 20.8 Å². The van der Waals surface area contributed by atoms with Gasteiger partial charge in [0.25, 0.3) is 0 Å². The minimum absolute atomic E-state index is 0.318. The molecule has 1 nitrogen and oxygen atoms in total. The molecule has 0 bridgehead atoms. The molecular weight excluding hydrogens is 168 g/mol. The largest absolute Gasteiger partial charge is 0.381 e. The van der Waals surface area contributed by atoms with Crippen molar-refractivity contribution in [2.24, 2.45) is 5.41 Å². The van der Waals surface area contributed by atoms with Crippen LogP contribution in [0.4, 0.5) is 0 Å². The van der Waals surface area contributed by atoms with E-state index in [1.54, 1.807) is 0 Å². The Morgan fingerprint density at radius 3 is 2.08 bits per heavy atom. The highest BCUT2D eigenvalue weighted by Gasteiger charge is 2.24. The van der Waals surface area contributed by atoms with Crippen LogP contribution in [0.25, 0.3) is 0 Å². The molecule has 0 N–H and O–H groups in total. The number of hydrogen-bond acceptors (Lipinski definition) is 2. The quantitative estimate of drug-likeness (QED) is 0.479. The van der Waals surface area contributed by atoms with Crippen molar-refractivity contribution in [2.75, 3.05) is 19.0 Å². The van der Waals surface area contributed by atoms with Crippen molar-refractivity contribution in [2.45, 2.75) is 40.0 Å². The summed E-state index contributed by atoms with van der Waals surface area (Å²) in [5.41, 5.74) is 0.318. The molecule has 0 heterocycles. The molecule has 0 spiro atoms. The first-order valence-corrected chi connectivity index (χ1v) is 5.56. The SMILES string of the molecule is CCCOCC(CC)(CC)CS. The summed E-state index contributed by atoms with van der Waals surface area (Å²) in [6, 6.07) is 0. The van der Waals surface area contributed by atoms with E-state index in [1.165, 1.54) is 0 Å². The highest BCUT2D eigenvalue weighted by atomic mass is 32.1. The maximum absolute atomic E-state index is 5.57. The van der Waals surface area contributed by atoms with Crippen molar-refractivity contribution in [1.29, 1.82) is 0 Å². The molecule has 0 saturated carbocycles.